The van der Waals surface area contributed by atoms with E-state index in [1.807, 2.05) is 7.05 Å². The quantitative estimate of drug-likeness (QED) is 0.629. The zero-order chi connectivity index (χ0) is 9.41. The maximum atomic E-state index is 11.7. The molecule has 1 saturated heterocycles. The van der Waals surface area contributed by atoms with Crippen molar-refractivity contribution in [1.29, 1.82) is 0 Å². The van der Waals surface area contributed by atoms with Crippen LogP contribution in [-0.2, 0) is 4.57 Å². The van der Waals surface area contributed by atoms with Gasteiger partial charge in [0.2, 0.25) is 0 Å². The Kier molecular flexibility index (Phi) is 2.67. The number of hydrogen-bond donors (Lipinski definition) is 1. The molecule has 1 rings (SSSR count). The molecular weight excluding hydrogens is 173 g/mol. The maximum absolute atomic E-state index is 11.7. The predicted octanol–water partition coefficient (Wildman–Crippen LogP) is 1.02. The lowest BCUT2D eigenvalue weighted by Crippen LogP contribution is -2.42. The first-order valence-corrected chi connectivity index (χ1v) is 6.91. The fraction of sp³-hybridized carbons (Fsp3) is 1.00. The summed E-state index contributed by atoms with van der Waals surface area (Å²) in [6, 6.07) is 0. The molecule has 0 radical (unpaired) electrons. The fourth-order valence-electron chi connectivity index (χ4n) is 1.52. The van der Waals surface area contributed by atoms with Crippen molar-refractivity contribution in [3.63, 3.8) is 0 Å². The summed E-state index contributed by atoms with van der Waals surface area (Å²) in [6.07, 6.45) is 1.29. The van der Waals surface area contributed by atoms with Gasteiger partial charge in [-0.05, 0) is 33.2 Å². The minimum Gasteiger partial charge on any atom is -0.382 e. The molecule has 0 saturated carbocycles. The van der Waals surface area contributed by atoms with Crippen LogP contribution in [-0.4, -0.2) is 48.8 Å². The maximum Gasteiger partial charge on any atom is 0.119 e. The van der Waals surface area contributed by atoms with Gasteiger partial charge in [0.15, 0.2) is 0 Å². The van der Waals surface area contributed by atoms with E-state index in [9.17, 15) is 9.67 Å². The Morgan fingerprint density at radius 3 is 2.08 bits per heavy atom. The molecule has 0 spiro atoms. The van der Waals surface area contributed by atoms with Gasteiger partial charge in [-0.1, -0.05) is 0 Å². The molecule has 1 fully saturated rings. The van der Waals surface area contributed by atoms with Gasteiger partial charge in [0.25, 0.3) is 0 Å². The van der Waals surface area contributed by atoms with E-state index in [1.165, 1.54) is 0 Å². The van der Waals surface area contributed by atoms with Crippen molar-refractivity contribution >= 4 is 7.14 Å². The second kappa shape index (κ2) is 3.13. The van der Waals surface area contributed by atoms with E-state index in [0.29, 0.717) is 12.8 Å². The van der Waals surface area contributed by atoms with E-state index >= 15 is 0 Å². The Morgan fingerprint density at radius 2 is 1.75 bits per heavy atom. The lowest BCUT2D eigenvalue weighted by molar-refractivity contribution is 0.0535. The molecule has 1 heterocycles. The minimum absolute atomic E-state index is 0.647. The fourth-order valence-corrected chi connectivity index (χ4v) is 2.79. The van der Waals surface area contributed by atoms with Crippen LogP contribution >= 0.6 is 7.14 Å². The Morgan fingerprint density at radius 1 is 1.33 bits per heavy atom. The summed E-state index contributed by atoms with van der Waals surface area (Å²) >= 11 is 0. The van der Waals surface area contributed by atoms with Gasteiger partial charge in [0, 0.05) is 13.1 Å². The molecule has 1 aliphatic heterocycles. The minimum atomic E-state index is -2.35. The van der Waals surface area contributed by atoms with Crippen molar-refractivity contribution in [2.75, 3.05) is 33.5 Å². The van der Waals surface area contributed by atoms with Crippen molar-refractivity contribution in [2.24, 2.45) is 0 Å². The molecule has 1 N–H and O–H groups in total. The average molecular weight is 191 g/mol. The third-order valence-electron chi connectivity index (χ3n) is 2.79. The second-order valence-electron chi connectivity index (χ2n) is 4.14. The number of rotatable bonds is 1. The highest BCUT2D eigenvalue weighted by atomic mass is 31.2. The van der Waals surface area contributed by atoms with Crippen LogP contribution in [0.4, 0.5) is 0 Å². The van der Waals surface area contributed by atoms with Gasteiger partial charge in [-0.3, -0.25) is 0 Å². The number of aliphatic hydroxyl groups is 1. The van der Waals surface area contributed by atoms with Crippen molar-refractivity contribution in [3.05, 3.63) is 0 Å². The molecule has 0 bridgehead atoms. The molecule has 0 aliphatic carbocycles. The normalized spacial score (nSPS) is 25.7. The molecule has 0 aromatic heterocycles. The van der Waals surface area contributed by atoms with Crippen LogP contribution < -0.4 is 0 Å². The van der Waals surface area contributed by atoms with Crippen LogP contribution in [0.25, 0.3) is 0 Å². The van der Waals surface area contributed by atoms with Crippen LogP contribution in [0.5, 0.6) is 0 Å². The van der Waals surface area contributed by atoms with E-state index in [-0.39, 0.29) is 0 Å². The third kappa shape index (κ3) is 1.90. The predicted molar refractivity (Wildman–Crippen MR) is 51.1 cm³/mol. The molecule has 0 unspecified atom stereocenters. The number of likely N-dealkylation sites (tertiary alicyclic amines) is 1. The van der Waals surface area contributed by atoms with Gasteiger partial charge >= 0.3 is 0 Å². The molecule has 0 amide bonds. The standard InChI is InChI=1S/C8H18NO2P/c1-9-6-4-8(10,5-7-9)12(2,3)11/h10H,4-7H2,1-3H3. The van der Waals surface area contributed by atoms with E-state index < -0.39 is 12.5 Å². The molecule has 72 valence electrons. The van der Waals surface area contributed by atoms with E-state index in [4.69, 9.17) is 0 Å². The van der Waals surface area contributed by atoms with Crippen molar-refractivity contribution in [1.82, 2.24) is 4.90 Å². The lowest BCUT2D eigenvalue weighted by atomic mass is 10.1. The van der Waals surface area contributed by atoms with Gasteiger partial charge in [-0.15, -0.1) is 0 Å². The second-order valence-corrected chi connectivity index (χ2v) is 7.67. The Bertz CT molecular complexity index is 203. The summed E-state index contributed by atoms with van der Waals surface area (Å²) in [5.74, 6) is 0. The van der Waals surface area contributed by atoms with Crippen molar-refractivity contribution < 1.29 is 9.67 Å². The molecule has 4 heteroatoms. The zero-order valence-corrected chi connectivity index (χ0v) is 8.97. The van der Waals surface area contributed by atoms with E-state index in [1.54, 1.807) is 13.3 Å². The monoisotopic (exact) mass is 191 g/mol. The largest absolute Gasteiger partial charge is 0.382 e. The lowest BCUT2D eigenvalue weighted by Gasteiger charge is -2.39. The molecule has 0 atom stereocenters. The summed E-state index contributed by atoms with van der Waals surface area (Å²) in [5, 5.41) is 9.15. The highest BCUT2D eigenvalue weighted by molar-refractivity contribution is 7.63. The summed E-state index contributed by atoms with van der Waals surface area (Å²) in [7, 11) is -0.327. The van der Waals surface area contributed by atoms with E-state index in [0.717, 1.165) is 13.1 Å². The van der Waals surface area contributed by atoms with Crippen LogP contribution in [0.3, 0.4) is 0 Å². The topological polar surface area (TPSA) is 40.5 Å². The molecular formula is C8H18NO2P. The zero-order valence-electron chi connectivity index (χ0n) is 8.08. The Hall–Kier alpha value is 0.150. The molecule has 0 aromatic carbocycles. The summed E-state index contributed by atoms with van der Waals surface area (Å²) in [6.45, 7) is 5.06. The molecule has 12 heavy (non-hydrogen) atoms. The van der Waals surface area contributed by atoms with Gasteiger partial charge in [-0.25, -0.2) is 0 Å². The van der Waals surface area contributed by atoms with Gasteiger partial charge in [0.05, 0.1) is 0 Å². The van der Waals surface area contributed by atoms with Crippen LogP contribution in [0, 0.1) is 0 Å². The summed E-state index contributed by atoms with van der Waals surface area (Å²) in [4.78, 5) is 2.16. The molecule has 3 nitrogen and oxygen atoms in total. The third-order valence-corrected chi connectivity index (χ3v) is 5.24. The highest BCUT2D eigenvalue weighted by Gasteiger charge is 2.41. The Labute approximate surface area is 74.1 Å². The smallest absolute Gasteiger partial charge is 0.119 e. The summed E-state index contributed by atoms with van der Waals surface area (Å²) in [5.41, 5.74) is 0. The number of nitrogens with zero attached hydrogens (tertiary/aromatic N) is 1. The first-order valence-electron chi connectivity index (χ1n) is 4.31. The van der Waals surface area contributed by atoms with Crippen LogP contribution in [0.15, 0.2) is 0 Å². The molecule has 0 aromatic rings. The first kappa shape index (κ1) is 10.2. The van der Waals surface area contributed by atoms with Crippen LogP contribution in [0.2, 0.25) is 0 Å². The van der Waals surface area contributed by atoms with Crippen LogP contribution in [0.1, 0.15) is 12.8 Å². The highest BCUT2D eigenvalue weighted by Crippen LogP contribution is 2.54. The first-order chi connectivity index (χ1) is 5.35. The summed E-state index contributed by atoms with van der Waals surface area (Å²) < 4.78 is 11.7. The number of piperidine rings is 1. The average Bonchev–Trinajstić information content (AvgIpc) is 1.93. The van der Waals surface area contributed by atoms with Gasteiger partial charge in [0.1, 0.15) is 12.5 Å². The Balaban J connectivity index is 2.69. The number of hydrogen-bond acceptors (Lipinski definition) is 3. The SMILES string of the molecule is CN1CCC(O)(P(C)(C)=O)CC1. The molecule has 1 aliphatic rings. The van der Waals surface area contributed by atoms with Gasteiger partial charge < -0.3 is 14.6 Å². The van der Waals surface area contributed by atoms with Crippen molar-refractivity contribution in [2.45, 2.75) is 18.2 Å². The van der Waals surface area contributed by atoms with Gasteiger partial charge in [-0.2, -0.15) is 0 Å². The van der Waals surface area contributed by atoms with Crippen molar-refractivity contribution in [3.8, 4) is 0 Å². The van der Waals surface area contributed by atoms with E-state index in [2.05, 4.69) is 4.90 Å².